The summed E-state index contributed by atoms with van der Waals surface area (Å²) >= 11 is 0. The van der Waals surface area contributed by atoms with Gasteiger partial charge < -0.3 is 10.6 Å². The highest BCUT2D eigenvalue weighted by atomic mass is 35.5. The van der Waals surface area contributed by atoms with Gasteiger partial charge in [-0.3, -0.25) is 9.78 Å². The van der Waals surface area contributed by atoms with E-state index >= 15 is 0 Å². The average molecular weight is 324 g/mol. The van der Waals surface area contributed by atoms with Crippen molar-refractivity contribution >= 4 is 30.7 Å². The van der Waals surface area contributed by atoms with E-state index in [9.17, 15) is 9.18 Å². The van der Waals surface area contributed by atoms with Crippen molar-refractivity contribution < 1.29 is 9.18 Å². The first kappa shape index (κ1) is 19.1. The molecule has 1 saturated heterocycles. The standard InChI is InChI=1S/C13H18FN3O.2ClH/c1-9-3-2-6-17(12(9)7-15)13(18)10-4-5-16-8-11(10)14;;/h4-5,8-9,12H,2-3,6-7,15H2,1H3;2*1H. The fourth-order valence-electron chi connectivity index (χ4n) is 2.56. The third-order valence-electron chi connectivity index (χ3n) is 3.62. The van der Waals surface area contributed by atoms with Crippen LogP contribution in [-0.2, 0) is 0 Å². The van der Waals surface area contributed by atoms with Crippen LogP contribution in [0.15, 0.2) is 18.5 Å². The van der Waals surface area contributed by atoms with E-state index in [2.05, 4.69) is 11.9 Å². The Morgan fingerprint density at radius 3 is 2.85 bits per heavy atom. The number of likely N-dealkylation sites (tertiary alicyclic amines) is 1. The summed E-state index contributed by atoms with van der Waals surface area (Å²) in [5.74, 6) is -0.494. The zero-order valence-electron chi connectivity index (χ0n) is 11.3. The van der Waals surface area contributed by atoms with Crippen molar-refractivity contribution in [2.75, 3.05) is 13.1 Å². The van der Waals surface area contributed by atoms with Crippen LogP contribution in [-0.4, -0.2) is 34.9 Å². The molecule has 1 aromatic rings. The molecule has 7 heteroatoms. The number of aromatic nitrogens is 1. The molecule has 0 radical (unpaired) electrons. The minimum Gasteiger partial charge on any atom is -0.334 e. The van der Waals surface area contributed by atoms with Crippen molar-refractivity contribution in [3.8, 4) is 0 Å². The summed E-state index contributed by atoms with van der Waals surface area (Å²) in [7, 11) is 0. The van der Waals surface area contributed by atoms with E-state index in [4.69, 9.17) is 5.73 Å². The van der Waals surface area contributed by atoms with Gasteiger partial charge >= 0.3 is 0 Å². The number of halogens is 3. The summed E-state index contributed by atoms with van der Waals surface area (Å²) in [6.45, 7) is 3.15. The number of piperidine rings is 1. The van der Waals surface area contributed by atoms with Crippen LogP contribution < -0.4 is 5.73 Å². The fourth-order valence-corrected chi connectivity index (χ4v) is 2.56. The Labute approximate surface area is 130 Å². The minimum absolute atomic E-state index is 0. The zero-order valence-corrected chi connectivity index (χ0v) is 12.9. The molecule has 0 aromatic carbocycles. The smallest absolute Gasteiger partial charge is 0.257 e. The zero-order chi connectivity index (χ0) is 13.1. The molecular weight excluding hydrogens is 304 g/mol. The third-order valence-corrected chi connectivity index (χ3v) is 3.62. The Morgan fingerprint density at radius 2 is 2.25 bits per heavy atom. The van der Waals surface area contributed by atoms with Crippen LogP contribution in [0.3, 0.4) is 0 Å². The van der Waals surface area contributed by atoms with Gasteiger partial charge in [0.25, 0.3) is 5.91 Å². The molecule has 2 heterocycles. The Bertz CT molecular complexity index is 447. The van der Waals surface area contributed by atoms with E-state index in [1.807, 2.05) is 0 Å². The lowest BCUT2D eigenvalue weighted by atomic mass is 9.90. The molecule has 20 heavy (non-hydrogen) atoms. The third kappa shape index (κ3) is 3.81. The van der Waals surface area contributed by atoms with Gasteiger partial charge in [0.2, 0.25) is 0 Å². The van der Waals surface area contributed by atoms with Crippen LogP contribution in [0.4, 0.5) is 4.39 Å². The van der Waals surface area contributed by atoms with E-state index in [1.54, 1.807) is 4.90 Å². The first-order valence-electron chi connectivity index (χ1n) is 6.25. The molecule has 2 atom stereocenters. The molecule has 1 fully saturated rings. The van der Waals surface area contributed by atoms with Crippen LogP contribution in [0.25, 0.3) is 0 Å². The highest BCUT2D eigenvalue weighted by Crippen LogP contribution is 2.24. The Kier molecular flexibility index (Phi) is 8.01. The highest BCUT2D eigenvalue weighted by molar-refractivity contribution is 5.94. The van der Waals surface area contributed by atoms with Crippen molar-refractivity contribution in [3.63, 3.8) is 0 Å². The maximum atomic E-state index is 13.6. The number of nitrogens with zero attached hydrogens (tertiary/aromatic N) is 2. The summed E-state index contributed by atoms with van der Waals surface area (Å²) in [5.41, 5.74) is 5.82. The predicted octanol–water partition coefficient (Wildman–Crippen LogP) is 2.26. The largest absolute Gasteiger partial charge is 0.334 e. The molecule has 1 aromatic heterocycles. The summed E-state index contributed by atoms with van der Waals surface area (Å²) in [5, 5.41) is 0. The molecular formula is C13H20Cl2FN3O. The van der Waals surface area contributed by atoms with Crippen molar-refractivity contribution in [2.24, 2.45) is 11.7 Å². The molecule has 0 bridgehead atoms. The summed E-state index contributed by atoms with van der Waals surface area (Å²) < 4.78 is 13.6. The van der Waals surface area contributed by atoms with Gasteiger partial charge in [-0.2, -0.15) is 0 Å². The maximum absolute atomic E-state index is 13.6. The van der Waals surface area contributed by atoms with E-state index < -0.39 is 5.82 Å². The lowest BCUT2D eigenvalue weighted by Gasteiger charge is -2.39. The maximum Gasteiger partial charge on any atom is 0.257 e. The number of carbonyl (C=O) groups excluding carboxylic acids is 1. The lowest BCUT2D eigenvalue weighted by molar-refractivity contribution is 0.0527. The number of rotatable bonds is 2. The van der Waals surface area contributed by atoms with Gasteiger partial charge in [-0.15, -0.1) is 24.8 Å². The second-order valence-electron chi connectivity index (χ2n) is 4.78. The van der Waals surface area contributed by atoms with Crippen molar-refractivity contribution in [3.05, 3.63) is 29.8 Å². The molecule has 4 nitrogen and oxygen atoms in total. The Morgan fingerprint density at radius 1 is 1.55 bits per heavy atom. The van der Waals surface area contributed by atoms with E-state index in [0.29, 0.717) is 19.0 Å². The second kappa shape index (κ2) is 8.39. The SMILES string of the molecule is CC1CCCN(C(=O)c2ccncc2F)C1CN.Cl.Cl. The molecule has 114 valence electrons. The van der Waals surface area contributed by atoms with E-state index in [0.717, 1.165) is 19.0 Å². The molecule has 2 N–H and O–H groups in total. The summed E-state index contributed by atoms with van der Waals surface area (Å²) in [6, 6.07) is 1.42. The topological polar surface area (TPSA) is 59.2 Å². The van der Waals surface area contributed by atoms with E-state index in [-0.39, 0.29) is 42.3 Å². The molecule has 0 saturated carbocycles. The average Bonchev–Trinajstić information content (AvgIpc) is 2.38. The van der Waals surface area contributed by atoms with Crippen molar-refractivity contribution in [2.45, 2.75) is 25.8 Å². The normalized spacial score (nSPS) is 21.6. The predicted molar refractivity (Wildman–Crippen MR) is 81.0 cm³/mol. The molecule has 2 rings (SSSR count). The van der Waals surface area contributed by atoms with Gasteiger partial charge in [0.1, 0.15) is 0 Å². The number of carbonyl (C=O) groups is 1. The van der Waals surface area contributed by atoms with Gasteiger partial charge in [0.15, 0.2) is 5.82 Å². The summed E-state index contributed by atoms with van der Waals surface area (Å²) in [4.78, 5) is 17.7. The minimum atomic E-state index is -0.573. The van der Waals surface area contributed by atoms with Gasteiger partial charge in [-0.05, 0) is 24.8 Å². The van der Waals surface area contributed by atoms with Crippen LogP contribution in [0.2, 0.25) is 0 Å². The Balaban J connectivity index is 0.00000180. The molecule has 2 unspecified atom stereocenters. The van der Waals surface area contributed by atoms with E-state index in [1.165, 1.54) is 12.3 Å². The van der Waals surface area contributed by atoms with Gasteiger partial charge in [0, 0.05) is 25.3 Å². The molecule has 0 spiro atoms. The first-order chi connectivity index (χ1) is 8.65. The molecule has 1 aliphatic heterocycles. The quantitative estimate of drug-likeness (QED) is 0.908. The monoisotopic (exact) mass is 323 g/mol. The highest BCUT2D eigenvalue weighted by Gasteiger charge is 2.32. The van der Waals surface area contributed by atoms with Gasteiger partial charge in [0.05, 0.1) is 11.8 Å². The van der Waals surface area contributed by atoms with Crippen LogP contribution >= 0.6 is 24.8 Å². The number of nitrogens with two attached hydrogens (primary N) is 1. The summed E-state index contributed by atoms with van der Waals surface area (Å²) in [6.07, 6.45) is 4.50. The first-order valence-corrected chi connectivity index (χ1v) is 6.25. The lowest BCUT2D eigenvalue weighted by Crippen LogP contribution is -2.51. The molecule has 1 amide bonds. The van der Waals surface area contributed by atoms with Crippen molar-refractivity contribution in [1.29, 1.82) is 0 Å². The van der Waals surface area contributed by atoms with Crippen LogP contribution in [0, 0.1) is 11.7 Å². The Hall–Kier alpha value is -0.910. The number of hydrogen-bond donors (Lipinski definition) is 1. The molecule has 1 aliphatic rings. The fraction of sp³-hybridized carbons (Fsp3) is 0.538. The van der Waals surface area contributed by atoms with Gasteiger partial charge in [-0.1, -0.05) is 6.92 Å². The molecule has 0 aliphatic carbocycles. The van der Waals surface area contributed by atoms with Crippen LogP contribution in [0.5, 0.6) is 0 Å². The number of hydrogen-bond acceptors (Lipinski definition) is 3. The second-order valence-corrected chi connectivity index (χ2v) is 4.78. The van der Waals surface area contributed by atoms with Crippen LogP contribution in [0.1, 0.15) is 30.1 Å². The number of pyridine rings is 1. The van der Waals surface area contributed by atoms with Crippen molar-refractivity contribution in [1.82, 2.24) is 9.88 Å². The number of amides is 1. The van der Waals surface area contributed by atoms with Gasteiger partial charge in [-0.25, -0.2) is 4.39 Å².